The van der Waals surface area contributed by atoms with E-state index >= 15 is 0 Å². The Kier molecular flexibility index (Phi) is 6.67. The van der Waals surface area contributed by atoms with E-state index in [0.717, 1.165) is 11.0 Å². The van der Waals surface area contributed by atoms with Gasteiger partial charge in [-0.1, -0.05) is 12.1 Å². The molecule has 8 nitrogen and oxygen atoms in total. The van der Waals surface area contributed by atoms with Gasteiger partial charge in [0, 0.05) is 29.5 Å². The van der Waals surface area contributed by atoms with Crippen LogP contribution < -0.4 is 5.32 Å². The molecule has 0 unspecified atom stereocenters. The Morgan fingerprint density at radius 1 is 1.15 bits per heavy atom. The Bertz CT molecular complexity index is 912. The van der Waals surface area contributed by atoms with Gasteiger partial charge in [0.05, 0.1) is 16.2 Å². The third kappa shape index (κ3) is 5.38. The van der Waals surface area contributed by atoms with Crippen molar-refractivity contribution in [2.24, 2.45) is 0 Å². The number of hydrogen-bond acceptors (Lipinski definition) is 7. The minimum Gasteiger partial charge on any atom is -0.454 e. The van der Waals surface area contributed by atoms with E-state index in [1.165, 1.54) is 43.0 Å². The van der Waals surface area contributed by atoms with Gasteiger partial charge in [0.1, 0.15) is 0 Å². The molecule has 2 rings (SSSR count). The van der Waals surface area contributed by atoms with Crippen molar-refractivity contribution >= 4 is 40.8 Å². The van der Waals surface area contributed by atoms with E-state index in [0.29, 0.717) is 5.69 Å². The average molecular weight is 388 g/mol. The highest BCUT2D eigenvalue weighted by Gasteiger charge is 2.16. The summed E-state index contributed by atoms with van der Waals surface area (Å²) in [5, 5.41) is 13.4. The number of nitrogens with one attached hydrogen (secondary N) is 1. The zero-order chi connectivity index (χ0) is 20.0. The molecule has 0 aromatic heterocycles. The van der Waals surface area contributed by atoms with E-state index < -0.39 is 23.3 Å². The third-order valence-electron chi connectivity index (χ3n) is 3.46. The monoisotopic (exact) mass is 388 g/mol. The second-order valence-electron chi connectivity index (χ2n) is 5.40. The van der Waals surface area contributed by atoms with E-state index in [1.807, 2.05) is 6.26 Å². The molecule has 2 aromatic carbocycles. The van der Waals surface area contributed by atoms with Gasteiger partial charge >= 0.3 is 5.97 Å². The van der Waals surface area contributed by atoms with Crippen LogP contribution in [0.3, 0.4) is 0 Å². The number of benzene rings is 2. The first-order valence-corrected chi connectivity index (χ1v) is 8.94. The molecule has 0 aliphatic rings. The lowest BCUT2D eigenvalue weighted by molar-refractivity contribution is -0.384. The Labute approximate surface area is 159 Å². The molecule has 0 bridgehead atoms. The molecule has 0 saturated carbocycles. The molecule has 27 heavy (non-hydrogen) atoms. The average Bonchev–Trinajstić information content (AvgIpc) is 2.65. The predicted molar refractivity (Wildman–Crippen MR) is 100 cm³/mol. The summed E-state index contributed by atoms with van der Waals surface area (Å²) in [6, 6.07) is 9.82. The zero-order valence-electron chi connectivity index (χ0n) is 14.6. The smallest absolute Gasteiger partial charge is 0.338 e. The van der Waals surface area contributed by atoms with Gasteiger partial charge in [-0.15, -0.1) is 11.8 Å². The van der Waals surface area contributed by atoms with Crippen molar-refractivity contribution in [3.05, 3.63) is 63.7 Å². The number of thioether (sulfide) groups is 1. The summed E-state index contributed by atoms with van der Waals surface area (Å²) in [6.07, 6.45) is 1.84. The first-order chi connectivity index (χ1) is 12.8. The molecular formula is C18H16N2O6S. The van der Waals surface area contributed by atoms with Crippen LogP contribution in [0.5, 0.6) is 0 Å². The molecule has 2 aromatic rings. The Morgan fingerprint density at radius 3 is 2.52 bits per heavy atom. The molecule has 0 fully saturated rings. The molecule has 0 aliphatic heterocycles. The summed E-state index contributed by atoms with van der Waals surface area (Å²) >= 11 is 1.41. The Morgan fingerprint density at radius 2 is 1.89 bits per heavy atom. The van der Waals surface area contributed by atoms with Crippen molar-refractivity contribution in [3.8, 4) is 0 Å². The van der Waals surface area contributed by atoms with Gasteiger partial charge in [0.25, 0.3) is 5.69 Å². The molecule has 0 spiro atoms. The summed E-state index contributed by atoms with van der Waals surface area (Å²) in [7, 11) is 0. The summed E-state index contributed by atoms with van der Waals surface area (Å²) < 4.78 is 4.95. The van der Waals surface area contributed by atoms with Crippen molar-refractivity contribution in [2.75, 3.05) is 18.2 Å². The molecule has 0 radical (unpaired) electrons. The van der Waals surface area contributed by atoms with Crippen LogP contribution in [0.2, 0.25) is 0 Å². The van der Waals surface area contributed by atoms with E-state index in [4.69, 9.17) is 4.74 Å². The van der Waals surface area contributed by atoms with Gasteiger partial charge in [0.2, 0.25) is 5.91 Å². The number of hydrogen-bond donors (Lipinski definition) is 1. The van der Waals surface area contributed by atoms with Crippen LogP contribution in [0.15, 0.2) is 47.4 Å². The highest BCUT2D eigenvalue weighted by Crippen LogP contribution is 2.26. The summed E-state index contributed by atoms with van der Waals surface area (Å²) in [4.78, 5) is 46.5. The van der Waals surface area contributed by atoms with E-state index in [9.17, 15) is 24.5 Å². The van der Waals surface area contributed by atoms with Crippen molar-refractivity contribution in [3.63, 3.8) is 0 Å². The lowest BCUT2D eigenvalue weighted by Gasteiger charge is -2.10. The van der Waals surface area contributed by atoms with Gasteiger partial charge in [-0.2, -0.15) is 0 Å². The second kappa shape index (κ2) is 8.95. The van der Waals surface area contributed by atoms with Gasteiger partial charge < -0.3 is 10.1 Å². The molecule has 140 valence electrons. The highest BCUT2D eigenvalue weighted by atomic mass is 32.2. The number of rotatable bonds is 7. The number of nitrogens with zero attached hydrogens (tertiary/aromatic N) is 1. The van der Waals surface area contributed by atoms with Crippen LogP contribution >= 0.6 is 11.8 Å². The summed E-state index contributed by atoms with van der Waals surface area (Å²) in [5.74, 6) is -1.57. The van der Waals surface area contributed by atoms with Crippen molar-refractivity contribution in [2.45, 2.75) is 11.8 Å². The molecule has 0 saturated heterocycles. The van der Waals surface area contributed by atoms with Crippen LogP contribution in [0.1, 0.15) is 27.6 Å². The molecule has 9 heteroatoms. The van der Waals surface area contributed by atoms with Gasteiger partial charge in [-0.05, 0) is 24.5 Å². The minimum absolute atomic E-state index is 0.0198. The summed E-state index contributed by atoms with van der Waals surface area (Å²) in [6.45, 7) is 0.832. The normalized spacial score (nSPS) is 10.1. The fraction of sp³-hybridized carbons (Fsp3) is 0.167. The minimum atomic E-state index is -0.838. The summed E-state index contributed by atoms with van der Waals surface area (Å²) in [5.41, 5.74) is 0.492. The molecule has 1 amide bonds. The van der Waals surface area contributed by atoms with Gasteiger partial charge in [-0.3, -0.25) is 19.7 Å². The quantitative estimate of drug-likeness (QED) is 0.254. The molecule has 0 aliphatic carbocycles. The maximum Gasteiger partial charge on any atom is 0.338 e. The number of anilines is 1. The predicted octanol–water partition coefficient (Wildman–Crippen LogP) is 3.31. The number of esters is 1. The maximum absolute atomic E-state index is 12.3. The Hall–Kier alpha value is -3.20. The number of nitro benzene ring substituents is 1. The number of ketones is 1. The number of nitro groups is 1. The largest absolute Gasteiger partial charge is 0.454 e. The number of ether oxygens (including phenoxy) is 1. The van der Waals surface area contributed by atoms with Crippen LogP contribution in [-0.2, 0) is 9.53 Å². The van der Waals surface area contributed by atoms with E-state index in [-0.39, 0.29) is 22.7 Å². The van der Waals surface area contributed by atoms with E-state index in [2.05, 4.69) is 5.32 Å². The van der Waals surface area contributed by atoms with Crippen LogP contribution in [-0.4, -0.2) is 35.4 Å². The van der Waals surface area contributed by atoms with Crippen molar-refractivity contribution < 1.29 is 24.0 Å². The molecule has 0 heterocycles. The fourth-order valence-electron chi connectivity index (χ4n) is 2.21. The number of carbonyl (C=O) groups is 3. The standard InChI is InChI=1S/C18H16N2O6S/c1-11(21)19-15-9-12(6-7-17(15)27-2)16(22)10-26-18(23)13-4-3-5-14(8-13)20(24)25/h3-9H,10H2,1-2H3,(H,19,21). The lowest BCUT2D eigenvalue weighted by atomic mass is 10.1. The third-order valence-corrected chi connectivity index (χ3v) is 4.26. The van der Waals surface area contributed by atoms with Gasteiger partial charge in [0.15, 0.2) is 12.4 Å². The first-order valence-electron chi connectivity index (χ1n) is 7.72. The lowest BCUT2D eigenvalue weighted by Crippen LogP contribution is -2.15. The van der Waals surface area contributed by atoms with E-state index in [1.54, 1.807) is 12.1 Å². The first kappa shape index (κ1) is 20.1. The number of Topliss-reactive ketones (excluding diaryl/α,β-unsaturated/α-hetero) is 1. The zero-order valence-corrected chi connectivity index (χ0v) is 15.4. The number of carbonyl (C=O) groups excluding carboxylic acids is 3. The highest BCUT2D eigenvalue weighted by molar-refractivity contribution is 7.98. The molecule has 0 atom stereocenters. The van der Waals surface area contributed by atoms with Crippen LogP contribution in [0.4, 0.5) is 11.4 Å². The Balaban J connectivity index is 2.09. The van der Waals surface area contributed by atoms with Crippen LogP contribution in [0, 0.1) is 10.1 Å². The van der Waals surface area contributed by atoms with Crippen molar-refractivity contribution in [1.82, 2.24) is 0 Å². The maximum atomic E-state index is 12.3. The number of amides is 1. The second-order valence-corrected chi connectivity index (χ2v) is 6.25. The SMILES string of the molecule is CSc1ccc(C(=O)COC(=O)c2cccc([N+](=O)[O-])c2)cc1NC(C)=O. The molecule has 1 N–H and O–H groups in total. The fourth-order valence-corrected chi connectivity index (χ4v) is 2.75. The molecular weight excluding hydrogens is 372 g/mol. The van der Waals surface area contributed by atoms with Gasteiger partial charge in [-0.25, -0.2) is 4.79 Å². The topological polar surface area (TPSA) is 116 Å². The van der Waals surface area contributed by atoms with Crippen molar-refractivity contribution in [1.29, 1.82) is 0 Å². The number of non-ortho nitro benzene ring substituents is 1. The van der Waals surface area contributed by atoms with Crippen LogP contribution in [0.25, 0.3) is 0 Å².